The van der Waals surface area contributed by atoms with E-state index in [4.69, 9.17) is 0 Å². The van der Waals surface area contributed by atoms with Gasteiger partial charge in [-0.2, -0.15) is 0 Å². The number of nitrogens with zero attached hydrogens (tertiary/aromatic N) is 1. The Morgan fingerprint density at radius 3 is 2.36 bits per heavy atom. The van der Waals surface area contributed by atoms with Gasteiger partial charge in [0.2, 0.25) is 0 Å². The van der Waals surface area contributed by atoms with Crippen molar-refractivity contribution in [3.63, 3.8) is 0 Å². The van der Waals surface area contributed by atoms with Crippen LogP contribution in [0.25, 0.3) is 10.9 Å². The number of hydrogen-bond donors (Lipinski definition) is 1. The molecule has 0 unspecified atom stereocenters. The first-order valence-corrected chi connectivity index (χ1v) is 7.55. The summed E-state index contributed by atoms with van der Waals surface area (Å²) in [5, 5.41) is 0.765. The third-order valence-electron chi connectivity index (χ3n) is 4.18. The molecule has 3 heteroatoms. The standard InChI is InChI=1S/C19H24N2O/c1-6-10-21(11-7-2)12-17-15(5)20-18-14(4)13(3)8-9-16(18)19(17)22/h6-9H,1-2,10-12H2,3-5H3,(H,20,22). The average Bonchev–Trinajstić information content (AvgIpc) is 2.48. The molecule has 0 spiro atoms. The molecule has 0 saturated carbocycles. The number of pyridine rings is 1. The molecule has 1 aromatic carbocycles. The summed E-state index contributed by atoms with van der Waals surface area (Å²) in [5.74, 6) is 0. The van der Waals surface area contributed by atoms with Gasteiger partial charge in [0.05, 0.1) is 5.52 Å². The minimum absolute atomic E-state index is 0.118. The van der Waals surface area contributed by atoms with Crippen molar-refractivity contribution in [3.8, 4) is 0 Å². The van der Waals surface area contributed by atoms with Gasteiger partial charge in [0, 0.05) is 36.3 Å². The van der Waals surface area contributed by atoms with Gasteiger partial charge in [-0.3, -0.25) is 9.69 Å². The van der Waals surface area contributed by atoms with Crippen LogP contribution in [0.15, 0.2) is 42.2 Å². The maximum absolute atomic E-state index is 12.9. The molecule has 0 aliphatic rings. The molecule has 0 radical (unpaired) electrons. The largest absolute Gasteiger partial charge is 0.358 e. The number of H-pyrrole nitrogens is 1. The normalized spacial score (nSPS) is 11.1. The molecular formula is C19H24N2O. The van der Waals surface area contributed by atoms with Crippen molar-refractivity contribution >= 4 is 10.9 Å². The predicted octanol–water partition coefficient (Wildman–Crippen LogP) is 3.63. The predicted molar refractivity (Wildman–Crippen MR) is 94.5 cm³/mol. The monoisotopic (exact) mass is 296 g/mol. The van der Waals surface area contributed by atoms with E-state index >= 15 is 0 Å². The van der Waals surface area contributed by atoms with Crippen molar-refractivity contribution in [3.05, 3.63) is 70.1 Å². The van der Waals surface area contributed by atoms with Gasteiger partial charge in [-0.05, 0) is 38.0 Å². The Bertz CT molecular complexity index is 761. The second kappa shape index (κ2) is 6.75. The van der Waals surface area contributed by atoms with E-state index in [1.165, 1.54) is 5.56 Å². The number of aryl methyl sites for hydroxylation is 3. The number of fused-ring (bicyclic) bond motifs is 1. The Morgan fingerprint density at radius 2 is 1.77 bits per heavy atom. The minimum atomic E-state index is 0.118. The lowest BCUT2D eigenvalue weighted by molar-refractivity contribution is 0.326. The number of rotatable bonds is 6. The zero-order valence-electron chi connectivity index (χ0n) is 13.7. The van der Waals surface area contributed by atoms with E-state index in [9.17, 15) is 4.79 Å². The summed E-state index contributed by atoms with van der Waals surface area (Å²) in [7, 11) is 0. The average molecular weight is 296 g/mol. The molecule has 116 valence electrons. The molecule has 22 heavy (non-hydrogen) atoms. The fraction of sp³-hybridized carbons (Fsp3) is 0.316. The molecule has 0 aliphatic heterocycles. The van der Waals surface area contributed by atoms with Gasteiger partial charge in [0.1, 0.15) is 0 Å². The van der Waals surface area contributed by atoms with E-state index in [1.54, 1.807) is 0 Å². The highest BCUT2D eigenvalue weighted by Gasteiger charge is 2.14. The maximum Gasteiger partial charge on any atom is 0.194 e. The fourth-order valence-corrected chi connectivity index (χ4v) is 2.74. The topological polar surface area (TPSA) is 36.1 Å². The lowest BCUT2D eigenvalue weighted by Gasteiger charge is -2.20. The molecule has 0 bridgehead atoms. The number of hydrogen-bond acceptors (Lipinski definition) is 2. The van der Waals surface area contributed by atoms with E-state index in [2.05, 4.69) is 36.9 Å². The second-order valence-electron chi connectivity index (χ2n) is 5.76. The van der Waals surface area contributed by atoms with Gasteiger partial charge < -0.3 is 4.98 Å². The van der Waals surface area contributed by atoms with E-state index in [-0.39, 0.29) is 5.43 Å². The third-order valence-corrected chi connectivity index (χ3v) is 4.18. The highest BCUT2D eigenvalue weighted by molar-refractivity contribution is 5.83. The first kappa shape index (κ1) is 16.2. The van der Waals surface area contributed by atoms with Crippen LogP contribution in [0, 0.1) is 20.8 Å². The zero-order valence-corrected chi connectivity index (χ0v) is 13.7. The number of aromatic nitrogens is 1. The van der Waals surface area contributed by atoms with Crippen LogP contribution < -0.4 is 5.43 Å². The Balaban J connectivity index is 2.55. The van der Waals surface area contributed by atoms with E-state index < -0.39 is 0 Å². The summed E-state index contributed by atoms with van der Waals surface area (Å²) < 4.78 is 0. The summed E-state index contributed by atoms with van der Waals surface area (Å²) in [6.45, 7) is 15.7. The van der Waals surface area contributed by atoms with Gasteiger partial charge in [-0.1, -0.05) is 18.2 Å². The highest BCUT2D eigenvalue weighted by Crippen LogP contribution is 2.19. The van der Waals surface area contributed by atoms with Gasteiger partial charge >= 0.3 is 0 Å². The van der Waals surface area contributed by atoms with E-state index in [0.29, 0.717) is 6.54 Å². The molecule has 0 atom stereocenters. The SMILES string of the molecule is C=CCN(CC=C)Cc1c(C)[nH]c2c(C)c(C)ccc2c1=O. The molecule has 0 saturated heterocycles. The third kappa shape index (κ3) is 3.04. The fourth-order valence-electron chi connectivity index (χ4n) is 2.74. The van der Waals surface area contributed by atoms with Crippen molar-refractivity contribution in [1.82, 2.24) is 9.88 Å². The number of benzene rings is 1. The molecule has 0 aliphatic carbocycles. The lowest BCUT2D eigenvalue weighted by atomic mass is 10.0. The van der Waals surface area contributed by atoms with Crippen LogP contribution in [0.3, 0.4) is 0 Å². The Labute approximate surface area is 132 Å². The van der Waals surface area contributed by atoms with Gasteiger partial charge in [-0.25, -0.2) is 0 Å². The van der Waals surface area contributed by atoms with Gasteiger partial charge in [0.15, 0.2) is 5.43 Å². The molecule has 1 aromatic heterocycles. The molecule has 0 fully saturated rings. The van der Waals surface area contributed by atoms with Gasteiger partial charge in [0.25, 0.3) is 0 Å². The van der Waals surface area contributed by atoms with Crippen LogP contribution in [0.5, 0.6) is 0 Å². The quantitative estimate of drug-likeness (QED) is 0.826. The van der Waals surface area contributed by atoms with Crippen molar-refractivity contribution in [1.29, 1.82) is 0 Å². The lowest BCUT2D eigenvalue weighted by Crippen LogP contribution is -2.28. The van der Waals surface area contributed by atoms with Crippen LogP contribution in [-0.4, -0.2) is 23.0 Å². The first-order chi connectivity index (χ1) is 10.5. The molecule has 3 nitrogen and oxygen atoms in total. The van der Waals surface area contributed by atoms with Crippen LogP contribution in [0.4, 0.5) is 0 Å². The zero-order chi connectivity index (χ0) is 16.3. The van der Waals surface area contributed by atoms with E-state index in [0.717, 1.165) is 40.8 Å². The Kier molecular flexibility index (Phi) is 4.99. The van der Waals surface area contributed by atoms with Crippen LogP contribution >= 0.6 is 0 Å². The van der Waals surface area contributed by atoms with Gasteiger partial charge in [-0.15, -0.1) is 13.2 Å². The molecular weight excluding hydrogens is 272 g/mol. The van der Waals surface area contributed by atoms with Crippen LogP contribution in [-0.2, 0) is 6.54 Å². The van der Waals surface area contributed by atoms with Crippen molar-refractivity contribution in [2.45, 2.75) is 27.3 Å². The smallest absolute Gasteiger partial charge is 0.194 e. The molecule has 2 rings (SSSR count). The number of aromatic amines is 1. The first-order valence-electron chi connectivity index (χ1n) is 7.55. The molecule has 2 aromatic rings. The molecule has 1 heterocycles. The van der Waals surface area contributed by atoms with Crippen LogP contribution in [0.2, 0.25) is 0 Å². The summed E-state index contributed by atoms with van der Waals surface area (Å²) >= 11 is 0. The Morgan fingerprint density at radius 1 is 1.14 bits per heavy atom. The summed E-state index contributed by atoms with van der Waals surface area (Å²) in [4.78, 5) is 18.4. The summed E-state index contributed by atoms with van der Waals surface area (Å²) in [6.07, 6.45) is 3.70. The van der Waals surface area contributed by atoms with Crippen LogP contribution in [0.1, 0.15) is 22.4 Å². The highest BCUT2D eigenvalue weighted by atomic mass is 16.1. The maximum atomic E-state index is 12.9. The van der Waals surface area contributed by atoms with E-state index in [1.807, 2.05) is 31.2 Å². The second-order valence-corrected chi connectivity index (χ2v) is 5.76. The Hall–Kier alpha value is -2.13. The summed E-state index contributed by atoms with van der Waals surface area (Å²) in [6, 6.07) is 3.93. The molecule has 0 amide bonds. The number of nitrogens with one attached hydrogen (secondary N) is 1. The minimum Gasteiger partial charge on any atom is -0.358 e. The molecule has 1 N–H and O–H groups in total. The van der Waals surface area contributed by atoms with Crippen molar-refractivity contribution < 1.29 is 0 Å². The van der Waals surface area contributed by atoms with Crippen molar-refractivity contribution in [2.75, 3.05) is 13.1 Å². The summed E-state index contributed by atoms with van der Waals surface area (Å²) in [5.41, 5.74) is 5.15. The van der Waals surface area contributed by atoms with Crippen molar-refractivity contribution in [2.24, 2.45) is 0 Å².